The molecule has 2 aromatic rings. The lowest BCUT2D eigenvalue weighted by atomic mass is 10.1. The Morgan fingerprint density at radius 1 is 1.15 bits per heavy atom. The molecule has 0 unspecified atom stereocenters. The number of rotatable bonds is 11. The zero-order chi connectivity index (χ0) is 25.5. The summed E-state index contributed by atoms with van der Waals surface area (Å²) in [6.45, 7) is 5.18. The Balaban J connectivity index is 1.97. The van der Waals surface area contributed by atoms with Gasteiger partial charge in [0.2, 0.25) is 0 Å². The van der Waals surface area contributed by atoms with Crippen LogP contribution in [-0.2, 0) is 10.2 Å². The molecule has 1 amide bonds. The van der Waals surface area contributed by atoms with Crippen molar-refractivity contribution in [3.05, 3.63) is 23.9 Å². The minimum absolute atomic E-state index is 0.112. The molecule has 0 radical (unpaired) electrons. The summed E-state index contributed by atoms with van der Waals surface area (Å²) in [5, 5.41) is 22.8. The van der Waals surface area contributed by atoms with Gasteiger partial charge in [0.15, 0.2) is 11.5 Å². The van der Waals surface area contributed by atoms with Crippen molar-refractivity contribution in [1.29, 1.82) is 5.26 Å². The first-order valence-corrected chi connectivity index (χ1v) is 12.1. The molecule has 11 nitrogen and oxygen atoms in total. The third kappa shape index (κ3) is 6.39. The van der Waals surface area contributed by atoms with Gasteiger partial charge in [-0.15, -0.1) is 0 Å². The van der Waals surface area contributed by atoms with E-state index in [4.69, 9.17) is 9.47 Å². The Bertz CT molecular complexity index is 1170. The molecule has 0 aliphatic carbocycles. The van der Waals surface area contributed by atoms with E-state index < -0.39 is 21.8 Å². The molecule has 1 aromatic heterocycles. The van der Waals surface area contributed by atoms with Gasteiger partial charge >= 0.3 is 16.3 Å². The zero-order valence-corrected chi connectivity index (χ0v) is 20.8. The maximum atomic E-state index is 12.4. The highest BCUT2D eigenvalue weighted by Crippen LogP contribution is 2.35. The highest BCUT2D eigenvalue weighted by molar-refractivity contribution is 7.87. The van der Waals surface area contributed by atoms with Crippen LogP contribution in [0.3, 0.4) is 0 Å². The average molecular weight is 494 g/mol. The number of carboxylic acid groups (broad SMARTS) is 1. The van der Waals surface area contributed by atoms with Gasteiger partial charge in [-0.05, 0) is 39.7 Å². The molecule has 0 saturated carbocycles. The molecular weight excluding hydrogens is 462 g/mol. The Morgan fingerprint density at radius 3 is 2.32 bits per heavy atom. The fourth-order valence-corrected chi connectivity index (χ4v) is 4.91. The van der Waals surface area contributed by atoms with Crippen molar-refractivity contribution in [2.24, 2.45) is 0 Å². The predicted molar refractivity (Wildman–Crippen MR) is 128 cm³/mol. The average Bonchev–Trinajstić information content (AvgIpc) is 2.75. The number of nitriles is 1. The van der Waals surface area contributed by atoms with Crippen LogP contribution in [0.25, 0.3) is 10.9 Å². The summed E-state index contributed by atoms with van der Waals surface area (Å²) < 4.78 is 38.1. The number of fused-ring (bicyclic) bond motifs is 1. The molecule has 0 aliphatic rings. The second-order valence-electron chi connectivity index (χ2n) is 8.49. The van der Waals surface area contributed by atoms with Gasteiger partial charge in [-0.1, -0.05) is 6.42 Å². The molecule has 12 heteroatoms. The first-order chi connectivity index (χ1) is 16.0. The summed E-state index contributed by atoms with van der Waals surface area (Å²) in [5.41, 5.74) is 0.579. The molecule has 0 saturated heterocycles. The van der Waals surface area contributed by atoms with Crippen molar-refractivity contribution < 1.29 is 27.8 Å². The fourth-order valence-electron chi connectivity index (χ4n) is 3.45. The monoisotopic (exact) mass is 493 g/mol. The Labute approximate surface area is 199 Å². The smallest absolute Gasteiger partial charge is 0.422 e. The van der Waals surface area contributed by atoms with Crippen molar-refractivity contribution in [2.75, 3.05) is 32.6 Å². The van der Waals surface area contributed by atoms with Crippen LogP contribution in [0.5, 0.6) is 11.5 Å². The number of benzene rings is 1. The number of nitrogens with one attached hydrogen (secondary N) is 2. The molecule has 0 fully saturated rings. The minimum Gasteiger partial charge on any atom is -0.493 e. The second-order valence-corrected chi connectivity index (χ2v) is 10.1. The number of pyridine rings is 1. The number of ether oxygens (including phenoxy) is 2. The number of anilines is 1. The summed E-state index contributed by atoms with van der Waals surface area (Å²) >= 11 is 0. The van der Waals surface area contributed by atoms with Crippen molar-refractivity contribution in [1.82, 2.24) is 14.0 Å². The van der Waals surface area contributed by atoms with Crippen LogP contribution in [0.15, 0.2) is 18.3 Å². The highest BCUT2D eigenvalue weighted by atomic mass is 32.2. The largest absolute Gasteiger partial charge is 0.493 e. The SMILES string of the molecule is COc1cc2ncc(C#N)c(NCCCCCNS(=O)(=O)N(C(=O)O)C(C)(C)C)c2cc1OC. The molecular formula is C22H31N5O6S. The molecule has 2 rings (SSSR count). The second kappa shape index (κ2) is 11.2. The van der Waals surface area contributed by atoms with Crippen LogP contribution in [0.4, 0.5) is 10.5 Å². The van der Waals surface area contributed by atoms with Gasteiger partial charge in [-0.25, -0.2) is 4.79 Å². The lowest BCUT2D eigenvalue weighted by molar-refractivity contribution is 0.145. The third-order valence-electron chi connectivity index (χ3n) is 4.96. The van der Waals surface area contributed by atoms with Crippen LogP contribution >= 0.6 is 0 Å². The highest BCUT2D eigenvalue weighted by Gasteiger charge is 2.36. The van der Waals surface area contributed by atoms with Crippen LogP contribution in [-0.4, -0.2) is 61.8 Å². The van der Waals surface area contributed by atoms with E-state index in [1.54, 1.807) is 12.1 Å². The normalized spacial score (nSPS) is 11.6. The van der Waals surface area contributed by atoms with E-state index in [-0.39, 0.29) is 6.54 Å². The number of amides is 1. The number of aromatic nitrogens is 1. The van der Waals surface area contributed by atoms with Gasteiger partial charge in [-0.3, -0.25) is 4.98 Å². The van der Waals surface area contributed by atoms with Crippen molar-refractivity contribution in [3.8, 4) is 17.6 Å². The van der Waals surface area contributed by atoms with Crippen molar-refractivity contribution >= 4 is 32.9 Å². The van der Waals surface area contributed by atoms with Gasteiger partial charge in [-0.2, -0.15) is 22.7 Å². The van der Waals surface area contributed by atoms with Crippen molar-refractivity contribution in [2.45, 2.75) is 45.6 Å². The topological polar surface area (TPSA) is 154 Å². The zero-order valence-electron chi connectivity index (χ0n) is 20.0. The van der Waals surface area contributed by atoms with E-state index in [9.17, 15) is 23.6 Å². The first-order valence-electron chi connectivity index (χ1n) is 10.7. The molecule has 0 atom stereocenters. The van der Waals surface area contributed by atoms with E-state index >= 15 is 0 Å². The van der Waals surface area contributed by atoms with Crippen LogP contribution in [0, 0.1) is 11.3 Å². The number of carbonyl (C=O) groups is 1. The lowest BCUT2D eigenvalue weighted by Crippen LogP contribution is -2.53. The van der Waals surface area contributed by atoms with E-state index in [1.165, 1.54) is 41.2 Å². The minimum atomic E-state index is -4.16. The summed E-state index contributed by atoms with van der Waals surface area (Å²) in [6.07, 6.45) is 1.86. The predicted octanol–water partition coefficient (Wildman–Crippen LogP) is 3.32. The molecule has 0 spiro atoms. The van der Waals surface area contributed by atoms with Crippen LogP contribution in [0.2, 0.25) is 0 Å². The van der Waals surface area contributed by atoms with Gasteiger partial charge in [0.25, 0.3) is 0 Å². The Hall–Kier alpha value is -3.30. The van der Waals surface area contributed by atoms with Gasteiger partial charge < -0.3 is 19.9 Å². The number of hydrogen-bond donors (Lipinski definition) is 3. The maximum Gasteiger partial charge on any atom is 0.422 e. The Kier molecular flexibility index (Phi) is 8.89. The number of hydrogen-bond acceptors (Lipinski definition) is 8. The standard InChI is InChI=1S/C22H31N5O6S/c1-22(2,3)27(21(28)29)34(30,31)26-10-8-6-7-9-24-20-15(13-23)14-25-17-12-19(33-5)18(32-4)11-16(17)20/h11-12,14,26H,6-10H2,1-5H3,(H,24,25)(H,28,29). The molecule has 1 heterocycles. The van der Waals surface area contributed by atoms with Gasteiger partial charge in [0.1, 0.15) is 6.07 Å². The van der Waals surface area contributed by atoms with Gasteiger partial charge in [0.05, 0.1) is 36.5 Å². The third-order valence-corrected chi connectivity index (χ3v) is 6.71. The maximum absolute atomic E-state index is 12.4. The van der Waals surface area contributed by atoms with E-state index in [2.05, 4.69) is 21.1 Å². The summed E-state index contributed by atoms with van der Waals surface area (Å²) in [7, 11) is -1.09. The molecule has 1 aromatic carbocycles. The molecule has 3 N–H and O–H groups in total. The molecule has 0 bridgehead atoms. The number of unbranched alkanes of at least 4 members (excludes halogenated alkanes) is 2. The van der Waals surface area contributed by atoms with Crippen LogP contribution in [0.1, 0.15) is 45.6 Å². The van der Waals surface area contributed by atoms with Crippen LogP contribution < -0.4 is 19.5 Å². The number of nitrogens with zero attached hydrogens (tertiary/aromatic N) is 3. The summed E-state index contributed by atoms with van der Waals surface area (Å²) in [4.78, 5) is 15.7. The molecule has 0 aliphatic heterocycles. The van der Waals surface area contributed by atoms with E-state index in [0.29, 0.717) is 58.4 Å². The fraction of sp³-hybridized carbons (Fsp3) is 0.500. The summed E-state index contributed by atoms with van der Waals surface area (Å²) in [6, 6.07) is 5.64. The van der Waals surface area contributed by atoms with E-state index in [1.807, 2.05) is 0 Å². The molecule has 34 heavy (non-hydrogen) atoms. The van der Waals surface area contributed by atoms with Gasteiger partial charge in [0, 0.05) is 30.7 Å². The van der Waals surface area contributed by atoms with Crippen molar-refractivity contribution in [3.63, 3.8) is 0 Å². The summed E-state index contributed by atoms with van der Waals surface area (Å²) in [5.74, 6) is 1.06. The first kappa shape index (κ1) is 26.9. The molecule has 186 valence electrons. The van der Waals surface area contributed by atoms with E-state index in [0.717, 1.165) is 5.39 Å². The Morgan fingerprint density at radius 2 is 1.76 bits per heavy atom. The lowest BCUT2D eigenvalue weighted by Gasteiger charge is -2.31. The quantitative estimate of drug-likeness (QED) is 0.400. The number of methoxy groups -OCH3 is 2.